The molecule has 0 amide bonds. The Morgan fingerprint density at radius 3 is 1.88 bits per heavy atom. The first kappa shape index (κ1) is 22.9. The Morgan fingerprint density at radius 1 is 0.885 bits per heavy atom. The Labute approximate surface area is 159 Å². The van der Waals surface area contributed by atoms with Crippen LogP contribution in [0.2, 0.25) is 0 Å². The minimum Gasteiger partial charge on any atom is -0.480 e. The number of carbonyl (C=O) groups is 2. The molecule has 1 atom stereocenters. The lowest BCUT2D eigenvalue weighted by Gasteiger charge is -2.19. The van der Waals surface area contributed by atoms with E-state index >= 15 is 0 Å². The number of aliphatic carboxylic acids is 1. The van der Waals surface area contributed by atoms with Crippen LogP contribution < -0.4 is 0 Å². The van der Waals surface area contributed by atoms with Gasteiger partial charge in [-0.25, -0.2) is 0 Å². The smallest absolute Gasteiger partial charge is 0.325 e. The normalized spacial score (nSPS) is 17.5. The third-order valence-corrected chi connectivity index (χ3v) is 5.19. The molecule has 5 heteroatoms. The van der Waals surface area contributed by atoms with E-state index in [2.05, 4.69) is 6.92 Å². The standard InChI is InChI=1S/C21H39NO4/c1-2-3-4-5-6-7-8-9-10-11-12-13-14-17-20(23)26-22-18-15-16-19(22)21(24)25/h19H,2-18H2,1H3,(H,24,25). The van der Waals surface area contributed by atoms with Crippen LogP contribution in [-0.4, -0.2) is 34.7 Å². The monoisotopic (exact) mass is 369 g/mol. The van der Waals surface area contributed by atoms with Crippen molar-refractivity contribution in [3.05, 3.63) is 0 Å². The van der Waals surface area contributed by atoms with Gasteiger partial charge in [-0.3, -0.25) is 9.59 Å². The van der Waals surface area contributed by atoms with Gasteiger partial charge in [0.25, 0.3) is 0 Å². The van der Waals surface area contributed by atoms with Gasteiger partial charge < -0.3 is 9.94 Å². The summed E-state index contributed by atoms with van der Waals surface area (Å²) in [7, 11) is 0. The molecule has 1 aliphatic heterocycles. The van der Waals surface area contributed by atoms with Crippen molar-refractivity contribution in [1.82, 2.24) is 5.06 Å². The highest BCUT2D eigenvalue weighted by Gasteiger charge is 2.33. The molecule has 1 heterocycles. The molecular weight excluding hydrogens is 330 g/mol. The highest BCUT2D eigenvalue weighted by Crippen LogP contribution is 2.19. The molecule has 5 nitrogen and oxygen atoms in total. The molecule has 0 aromatic carbocycles. The number of carbonyl (C=O) groups excluding carboxylic acids is 1. The Morgan fingerprint density at radius 2 is 1.38 bits per heavy atom. The Bertz CT molecular complexity index is 386. The van der Waals surface area contributed by atoms with Gasteiger partial charge in [0.1, 0.15) is 6.04 Å². The van der Waals surface area contributed by atoms with E-state index in [0.717, 1.165) is 19.3 Å². The molecule has 0 bridgehead atoms. The molecule has 0 radical (unpaired) electrons. The number of unbranched alkanes of at least 4 members (excludes halogenated alkanes) is 12. The minimum absolute atomic E-state index is 0.291. The van der Waals surface area contributed by atoms with E-state index in [1.807, 2.05) is 0 Å². The summed E-state index contributed by atoms with van der Waals surface area (Å²) in [6.45, 7) is 2.78. The van der Waals surface area contributed by atoms with Crippen molar-refractivity contribution < 1.29 is 19.5 Å². The molecular formula is C21H39NO4. The number of hydrogen-bond acceptors (Lipinski definition) is 4. The van der Waals surface area contributed by atoms with E-state index in [-0.39, 0.29) is 5.97 Å². The minimum atomic E-state index is -0.906. The number of nitrogens with zero attached hydrogens (tertiary/aromatic N) is 1. The van der Waals surface area contributed by atoms with Gasteiger partial charge >= 0.3 is 11.9 Å². The SMILES string of the molecule is CCCCCCCCCCCCCCCC(=O)ON1CCCC1C(=O)O. The molecule has 1 rings (SSSR count). The van der Waals surface area contributed by atoms with Gasteiger partial charge in [-0.05, 0) is 19.3 Å². The van der Waals surface area contributed by atoms with E-state index in [0.29, 0.717) is 19.4 Å². The summed E-state index contributed by atoms with van der Waals surface area (Å²) < 4.78 is 0. The van der Waals surface area contributed by atoms with Crippen LogP contribution in [0.25, 0.3) is 0 Å². The molecule has 26 heavy (non-hydrogen) atoms. The van der Waals surface area contributed by atoms with Crippen LogP contribution in [0, 0.1) is 0 Å². The number of carboxylic acids is 1. The average molecular weight is 370 g/mol. The Kier molecular flexibility index (Phi) is 13.2. The fourth-order valence-electron chi connectivity index (χ4n) is 3.56. The van der Waals surface area contributed by atoms with Gasteiger partial charge in [-0.15, -0.1) is 5.06 Å². The molecule has 1 fully saturated rings. The van der Waals surface area contributed by atoms with Crippen LogP contribution in [0.5, 0.6) is 0 Å². The average Bonchev–Trinajstić information content (AvgIpc) is 3.07. The third-order valence-electron chi connectivity index (χ3n) is 5.19. The summed E-state index contributed by atoms with van der Waals surface area (Å²) in [5.74, 6) is -1.20. The maximum atomic E-state index is 11.8. The Hall–Kier alpha value is -1.10. The van der Waals surface area contributed by atoms with Crippen molar-refractivity contribution in [3.63, 3.8) is 0 Å². The zero-order valence-electron chi connectivity index (χ0n) is 16.7. The van der Waals surface area contributed by atoms with Crippen molar-refractivity contribution in [1.29, 1.82) is 0 Å². The molecule has 1 unspecified atom stereocenters. The topological polar surface area (TPSA) is 66.8 Å². The van der Waals surface area contributed by atoms with E-state index in [4.69, 9.17) is 9.94 Å². The van der Waals surface area contributed by atoms with E-state index in [9.17, 15) is 9.59 Å². The van der Waals surface area contributed by atoms with Gasteiger partial charge in [-0.2, -0.15) is 0 Å². The largest absolute Gasteiger partial charge is 0.480 e. The molecule has 0 spiro atoms. The molecule has 0 aliphatic carbocycles. The predicted octanol–water partition coefficient (Wildman–Crippen LogP) is 5.47. The number of hydrogen-bond donors (Lipinski definition) is 1. The van der Waals surface area contributed by atoms with Crippen LogP contribution in [0.4, 0.5) is 0 Å². The molecule has 1 aliphatic rings. The number of carboxylic acid groups (broad SMARTS) is 1. The second-order valence-corrected chi connectivity index (χ2v) is 7.59. The van der Waals surface area contributed by atoms with E-state index in [1.54, 1.807) is 0 Å². The van der Waals surface area contributed by atoms with Crippen molar-refractivity contribution in [2.75, 3.05) is 6.54 Å². The third kappa shape index (κ3) is 10.8. The van der Waals surface area contributed by atoms with Gasteiger partial charge in [0, 0.05) is 13.0 Å². The van der Waals surface area contributed by atoms with Crippen LogP contribution in [0.3, 0.4) is 0 Å². The summed E-state index contributed by atoms with van der Waals surface area (Å²) >= 11 is 0. The number of hydroxylamine groups is 2. The van der Waals surface area contributed by atoms with Crippen LogP contribution >= 0.6 is 0 Å². The molecule has 152 valence electrons. The van der Waals surface area contributed by atoms with Crippen molar-refractivity contribution in [2.24, 2.45) is 0 Å². The predicted molar refractivity (Wildman–Crippen MR) is 104 cm³/mol. The van der Waals surface area contributed by atoms with Crippen molar-refractivity contribution in [2.45, 2.75) is 116 Å². The molecule has 0 aromatic rings. The van der Waals surface area contributed by atoms with E-state index in [1.165, 1.54) is 75.7 Å². The van der Waals surface area contributed by atoms with Gasteiger partial charge in [0.05, 0.1) is 0 Å². The highest BCUT2D eigenvalue weighted by atomic mass is 16.7. The molecule has 0 aromatic heterocycles. The van der Waals surface area contributed by atoms with Gasteiger partial charge in [0.15, 0.2) is 0 Å². The highest BCUT2D eigenvalue weighted by molar-refractivity contribution is 5.74. The van der Waals surface area contributed by atoms with Crippen molar-refractivity contribution >= 4 is 11.9 Å². The van der Waals surface area contributed by atoms with Gasteiger partial charge in [0.2, 0.25) is 0 Å². The van der Waals surface area contributed by atoms with Crippen molar-refractivity contribution in [3.8, 4) is 0 Å². The lowest BCUT2D eigenvalue weighted by atomic mass is 10.0. The summed E-state index contributed by atoms with van der Waals surface area (Å²) in [6.07, 6.45) is 18.3. The van der Waals surface area contributed by atoms with Crippen LogP contribution in [-0.2, 0) is 14.4 Å². The number of rotatable bonds is 16. The maximum Gasteiger partial charge on any atom is 0.325 e. The van der Waals surface area contributed by atoms with Crippen LogP contribution in [0.1, 0.15) is 110 Å². The molecule has 1 N–H and O–H groups in total. The zero-order chi connectivity index (χ0) is 19.0. The summed E-state index contributed by atoms with van der Waals surface area (Å²) in [6, 6.07) is -0.661. The summed E-state index contributed by atoms with van der Waals surface area (Å²) in [5.41, 5.74) is 0. The quantitative estimate of drug-likeness (QED) is 0.365. The second-order valence-electron chi connectivity index (χ2n) is 7.59. The zero-order valence-corrected chi connectivity index (χ0v) is 16.7. The first-order chi connectivity index (χ1) is 12.6. The maximum absolute atomic E-state index is 11.8. The summed E-state index contributed by atoms with van der Waals surface area (Å²) in [4.78, 5) is 28.1. The second kappa shape index (κ2) is 15.0. The summed E-state index contributed by atoms with van der Waals surface area (Å²) in [5, 5.41) is 10.4. The lowest BCUT2D eigenvalue weighted by molar-refractivity contribution is -0.199. The fraction of sp³-hybridized carbons (Fsp3) is 0.905. The first-order valence-corrected chi connectivity index (χ1v) is 10.9. The Balaban J connectivity index is 1.87. The lowest BCUT2D eigenvalue weighted by Crippen LogP contribution is -2.37. The molecule has 1 saturated heterocycles. The van der Waals surface area contributed by atoms with Gasteiger partial charge in [-0.1, -0.05) is 84.0 Å². The van der Waals surface area contributed by atoms with Crippen LogP contribution in [0.15, 0.2) is 0 Å². The first-order valence-electron chi connectivity index (χ1n) is 10.9. The fourth-order valence-corrected chi connectivity index (χ4v) is 3.56. The van der Waals surface area contributed by atoms with E-state index < -0.39 is 12.0 Å². The molecule has 0 saturated carbocycles.